The van der Waals surface area contributed by atoms with E-state index in [0.29, 0.717) is 16.9 Å². The van der Waals surface area contributed by atoms with Gasteiger partial charge in [-0.3, -0.25) is 4.79 Å². The van der Waals surface area contributed by atoms with Crippen molar-refractivity contribution in [1.82, 2.24) is 4.98 Å². The molecule has 0 fully saturated rings. The molecule has 0 bridgehead atoms. The summed E-state index contributed by atoms with van der Waals surface area (Å²) in [6.45, 7) is 0. The summed E-state index contributed by atoms with van der Waals surface area (Å²) >= 11 is 1.54. The van der Waals surface area contributed by atoms with Gasteiger partial charge in [-0.2, -0.15) is 0 Å². The molecule has 1 aromatic heterocycles. The minimum absolute atomic E-state index is 0.386. The lowest BCUT2D eigenvalue weighted by atomic mass is 10.1. The molecule has 0 aliphatic rings. The molecule has 3 aromatic rings. The van der Waals surface area contributed by atoms with Gasteiger partial charge in [0.15, 0.2) is 5.13 Å². The predicted octanol–water partition coefficient (Wildman–Crippen LogP) is 2.72. The summed E-state index contributed by atoms with van der Waals surface area (Å²) in [7, 11) is 0. The van der Waals surface area contributed by atoms with E-state index in [0.717, 1.165) is 15.3 Å². The maximum atomic E-state index is 11.1. The Morgan fingerprint density at radius 3 is 2.70 bits per heavy atom. The third kappa shape index (κ3) is 2.28. The number of hydrogen-bond acceptors (Lipinski definition) is 5. The fraction of sp³-hybridized carbons (Fsp3) is 0. The van der Waals surface area contributed by atoms with Crippen molar-refractivity contribution in [3.8, 4) is 0 Å². The highest BCUT2D eigenvalue weighted by atomic mass is 32.1. The number of thiazole rings is 1. The highest BCUT2D eigenvalue weighted by molar-refractivity contribution is 7.22. The van der Waals surface area contributed by atoms with Gasteiger partial charge in [-0.1, -0.05) is 23.5 Å². The van der Waals surface area contributed by atoms with Crippen molar-refractivity contribution in [1.29, 1.82) is 0 Å². The van der Waals surface area contributed by atoms with Gasteiger partial charge in [0.05, 0.1) is 21.6 Å². The SMILES string of the molecule is NC(=O)c1ccc(Nc2nc3ccccc3s2)c(N)c1. The molecule has 0 radical (unpaired) electrons. The fourth-order valence-electron chi connectivity index (χ4n) is 1.87. The summed E-state index contributed by atoms with van der Waals surface area (Å²) in [6.07, 6.45) is 0. The first-order valence-electron chi connectivity index (χ1n) is 5.95. The maximum absolute atomic E-state index is 11.1. The smallest absolute Gasteiger partial charge is 0.248 e. The number of amides is 1. The first-order valence-corrected chi connectivity index (χ1v) is 6.77. The molecule has 0 saturated heterocycles. The van der Waals surface area contributed by atoms with E-state index in [9.17, 15) is 4.79 Å². The van der Waals surface area contributed by atoms with Crippen LogP contribution in [0.4, 0.5) is 16.5 Å². The van der Waals surface area contributed by atoms with Crippen molar-refractivity contribution >= 4 is 44.0 Å². The van der Waals surface area contributed by atoms with E-state index in [1.807, 2.05) is 24.3 Å². The Kier molecular flexibility index (Phi) is 3.00. The third-order valence-electron chi connectivity index (χ3n) is 2.87. The van der Waals surface area contributed by atoms with E-state index in [1.54, 1.807) is 29.5 Å². The molecule has 6 heteroatoms. The number of fused-ring (bicyclic) bond motifs is 1. The Labute approximate surface area is 119 Å². The zero-order chi connectivity index (χ0) is 14.1. The number of nitrogen functional groups attached to an aromatic ring is 1. The molecule has 0 unspecified atom stereocenters. The number of primary amides is 1. The van der Waals surface area contributed by atoms with Gasteiger partial charge >= 0.3 is 0 Å². The van der Waals surface area contributed by atoms with Crippen LogP contribution in [0, 0.1) is 0 Å². The minimum atomic E-state index is -0.497. The molecule has 1 amide bonds. The van der Waals surface area contributed by atoms with Crippen molar-refractivity contribution in [2.75, 3.05) is 11.1 Å². The minimum Gasteiger partial charge on any atom is -0.397 e. The van der Waals surface area contributed by atoms with Gasteiger partial charge in [-0.05, 0) is 30.3 Å². The summed E-state index contributed by atoms with van der Waals surface area (Å²) < 4.78 is 1.10. The molecule has 5 nitrogen and oxygen atoms in total. The van der Waals surface area contributed by atoms with Gasteiger partial charge < -0.3 is 16.8 Å². The molecular formula is C14H12N4OS. The molecule has 3 rings (SSSR count). The number of nitrogens with two attached hydrogens (primary N) is 2. The standard InChI is InChI=1S/C14H12N4OS/c15-9-7-8(13(16)19)5-6-10(9)17-14-18-11-3-1-2-4-12(11)20-14/h1-7H,15H2,(H2,16,19)(H,17,18). The Bertz CT molecular complexity index is 764. The van der Waals surface area contributed by atoms with E-state index in [1.165, 1.54) is 0 Å². The number of carbonyl (C=O) groups excluding carboxylic acids is 1. The molecule has 0 spiro atoms. The topological polar surface area (TPSA) is 94.0 Å². The molecule has 0 aliphatic carbocycles. The Morgan fingerprint density at radius 1 is 1.20 bits per heavy atom. The van der Waals surface area contributed by atoms with Crippen LogP contribution < -0.4 is 16.8 Å². The van der Waals surface area contributed by atoms with Gasteiger partial charge in [0.2, 0.25) is 5.91 Å². The van der Waals surface area contributed by atoms with Crippen LogP contribution in [0.1, 0.15) is 10.4 Å². The normalized spacial score (nSPS) is 10.6. The van der Waals surface area contributed by atoms with Crippen LogP contribution in [0.3, 0.4) is 0 Å². The van der Waals surface area contributed by atoms with Crippen molar-refractivity contribution in [3.63, 3.8) is 0 Å². The summed E-state index contributed by atoms with van der Waals surface area (Å²) in [5.41, 5.74) is 13.6. The molecule has 2 aromatic carbocycles. The maximum Gasteiger partial charge on any atom is 0.248 e. The van der Waals surface area contributed by atoms with E-state index in [4.69, 9.17) is 11.5 Å². The monoisotopic (exact) mass is 284 g/mol. The van der Waals surface area contributed by atoms with Crippen molar-refractivity contribution in [2.24, 2.45) is 5.73 Å². The molecular weight excluding hydrogens is 272 g/mol. The zero-order valence-electron chi connectivity index (χ0n) is 10.5. The third-order valence-corrected chi connectivity index (χ3v) is 3.82. The summed E-state index contributed by atoms with van der Waals surface area (Å²) in [5.74, 6) is -0.497. The van der Waals surface area contributed by atoms with E-state index >= 15 is 0 Å². The van der Waals surface area contributed by atoms with E-state index < -0.39 is 5.91 Å². The quantitative estimate of drug-likeness (QED) is 0.644. The van der Waals surface area contributed by atoms with Gasteiger partial charge in [-0.25, -0.2) is 4.98 Å². The Hall–Kier alpha value is -2.60. The summed E-state index contributed by atoms with van der Waals surface area (Å²) in [4.78, 5) is 15.5. The van der Waals surface area contributed by atoms with Crippen LogP contribution in [-0.4, -0.2) is 10.9 Å². The number of carbonyl (C=O) groups is 1. The van der Waals surface area contributed by atoms with Crippen molar-refractivity contribution < 1.29 is 4.79 Å². The molecule has 5 N–H and O–H groups in total. The number of hydrogen-bond donors (Lipinski definition) is 3. The van der Waals surface area contributed by atoms with Crippen LogP contribution in [0.2, 0.25) is 0 Å². The predicted molar refractivity (Wildman–Crippen MR) is 82.3 cm³/mol. The van der Waals surface area contributed by atoms with Crippen LogP contribution in [0.25, 0.3) is 10.2 Å². The first kappa shape index (κ1) is 12.4. The lowest BCUT2D eigenvalue weighted by molar-refractivity contribution is 0.100. The van der Waals surface area contributed by atoms with Crippen LogP contribution >= 0.6 is 11.3 Å². The number of anilines is 3. The molecule has 1 heterocycles. The number of para-hydroxylation sites is 1. The highest BCUT2D eigenvalue weighted by Gasteiger charge is 2.07. The fourth-order valence-corrected chi connectivity index (χ4v) is 2.75. The molecule has 0 atom stereocenters. The van der Waals surface area contributed by atoms with Crippen LogP contribution in [0.5, 0.6) is 0 Å². The first-order chi connectivity index (χ1) is 9.63. The van der Waals surface area contributed by atoms with E-state index in [2.05, 4.69) is 10.3 Å². The summed E-state index contributed by atoms with van der Waals surface area (Å²) in [6, 6.07) is 12.8. The number of nitrogens with zero attached hydrogens (tertiary/aromatic N) is 1. The second kappa shape index (κ2) is 4.82. The molecule has 0 saturated carbocycles. The van der Waals surface area contributed by atoms with Crippen molar-refractivity contribution in [3.05, 3.63) is 48.0 Å². The summed E-state index contributed by atoms with van der Waals surface area (Å²) in [5, 5.41) is 3.91. The molecule has 0 aliphatic heterocycles. The second-order valence-electron chi connectivity index (χ2n) is 4.28. The molecule has 20 heavy (non-hydrogen) atoms. The average Bonchev–Trinajstić information content (AvgIpc) is 2.83. The van der Waals surface area contributed by atoms with Gasteiger partial charge in [0.25, 0.3) is 0 Å². The highest BCUT2D eigenvalue weighted by Crippen LogP contribution is 2.30. The van der Waals surface area contributed by atoms with Crippen LogP contribution in [0.15, 0.2) is 42.5 Å². The van der Waals surface area contributed by atoms with Crippen molar-refractivity contribution in [2.45, 2.75) is 0 Å². The lowest BCUT2D eigenvalue weighted by Gasteiger charge is -2.07. The number of benzene rings is 2. The largest absolute Gasteiger partial charge is 0.397 e. The van der Waals surface area contributed by atoms with Gasteiger partial charge in [0.1, 0.15) is 0 Å². The van der Waals surface area contributed by atoms with E-state index in [-0.39, 0.29) is 0 Å². The molecule has 100 valence electrons. The number of nitrogens with one attached hydrogen (secondary N) is 1. The Morgan fingerprint density at radius 2 is 2.00 bits per heavy atom. The second-order valence-corrected chi connectivity index (χ2v) is 5.31. The number of aromatic nitrogens is 1. The van der Waals surface area contributed by atoms with Crippen LogP contribution in [-0.2, 0) is 0 Å². The average molecular weight is 284 g/mol. The zero-order valence-corrected chi connectivity index (χ0v) is 11.3. The van der Waals surface area contributed by atoms with Gasteiger partial charge in [-0.15, -0.1) is 0 Å². The van der Waals surface area contributed by atoms with Gasteiger partial charge in [0, 0.05) is 5.56 Å². The number of rotatable bonds is 3. The lowest BCUT2D eigenvalue weighted by Crippen LogP contribution is -2.11. The Balaban J connectivity index is 1.92.